The molecule has 0 saturated heterocycles. The van der Waals surface area contributed by atoms with Gasteiger partial charge in [-0.2, -0.15) is 5.10 Å². The van der Waals surface area contributed by atoms with Crippen LogP contribution in [-0.4, -0.2) is 21.6 Å². The van der Waals surface area contributed by atoms with E-state index in [4.69, 9.17) is 4.42 Å². The lowest BCUT2D eigenvalue weighted by atomic mass is 10.0. The first-order chi connectivity index (χ1) is 9.25. The monoisotopic (exact) mass is 255 g/mol. The number of hydrogen-bond donors (Lipinski definition) is 0. The highest BCUT2D eigenvalue weighted by Crippen LogP contribution is 2.32. The fourth-order valence-electron chi connectivity index (χ4n) is 2.22. The second-order valence-electron chi connectivity index (χ2n) is 4.38. The van der Waals surface area contributed by atoms with Crippen molar-refractivity contribution in [3.63, 3.8) is 0 Å². The van der Waals surface area contributed by atoms with Gasteiger partial charge in [-0.15, -0.1) is 0 Å². The zero-order valence-corrected chi connectivity index (χ0v) is 10.5. The van der Waals surface area contributed by atoms with Gasteiger partial charge in [0, 0.05) is 31.3 Å². The van der Waals surface area contributed by atoms with Gasteiger partial charge in [-0.1, -0.05) is 0 Å². The van der Waals surface area contributed by atoms with E-state index in [2.05, 4.69) is 10.1 Å². The van der Waals surface area contributed by atoms with Crippen LogP contribution in [0.3, 0.4) is 0 Å². The van der Waals surface area contributed by atoms with E-state index >= 15 is 0 Å². The fraction of sp³-hybridized carbons (Fsp3) is 0.214. The van der Waals surface area contributed by atoms with Crippen molar-refractivity contribution < 1.29 is 9.21 Å². The molecule has 1 amide bonds. The SMILES string of the molecule is CC(=O)N1N=C(c2ccncc2)CC1c1ccco1. The first-order valence-corrected chi connectivity index (χ1v) is 6.07. The third kappa shape index (κ3) is 2.14. The van der Waals surface area contributed by atoms with E-state index in [1.165, 1.54) is 11.9 Å². The Hall–Kier alpha value is -2.43. The van der Waals surface area contributed by atoms with Crippen LogP contribution in [0.4, 0.5) is 0 Å². The molecule has 96 valence electrons. The topological polar surface area (TPSA) is 58.7 Å². The van der Waals surface area contributed by atoms with Crippen molar-refractivity contribution in [2.24, 2.45) is 5.10 Å². The Morgan fingerprint density at radius 1 is 1.37 bits per heavy atom. The summed E-state index contributed by atoms with van der Waals surface area (Å²) in [5, 5.41) is 5.89. The minimum atomic E-state index is -0.157. The average molecular weight is 255 g/mol. The Morgan fingerprint density at radius 3 is 2.79 bits per heavy atom. The van der Waals surface area contributed by atoms with Crippen LogP contribution >= 0.6 is 0 Å². The molecule has 2 aromatic rings. The molecule has 2 aromatic heterocycles. The lowest BCUT2D eigenvalue weighted by Crippen LogP contribution is -2.23. The molecule has 1 aliphatic rings. The zero-order valence-electron chi connectivity index (χ0n) is 10.5. The summed E-state index contributed by atoms with van der Waals surface area (Å²) in [5.74, 6) is 0.661. The molecule has 0 bridgehead atoms. The van der Waals surface area contributed by atoms with E-state index in [-0.39, 0.29) is 11.9 Å². The van der Waals surface area contributed by atoms with Crippen LogP contribution in [0.1, 0.15) is 30.7 Å². The minimum absolute atomic E-state index is 0.0922. The van der Waals surface area contributed by atoms with Gasteiger partial charge >= 0.3 is 0 Å². The number of hydrogen-bond acceptors (Lipinski definition) is 4. The van der Waals surface area contributed by atoms with Crippen molar-refractivity contribution in [2.75, 3.05) is 0 Å². The molecule has 5 heteroatoms. The van der Waals surface area contributed by atoms with E-state index in [1.807, 2.05) is 24.3 Å². The van der Waals surface area contributed by atoms with Crippen molar-refractivity contribution in [1.82, 2.24) is 9.99 Å². The van der Waals surface area contributed by atoms with Gasteiger partial charge in [0.25, 0.3) is 0 Å². The minimum Gasteiger partial charge on any atom is -0.467 e. The first-order valence-electron chi connectivity index (χ1n) is 6.07. The molecule has 5 nitrogen and oxygen atoms in total. The standard InChI is InChI=1S/C14H13N3O2/c1-10(18)17-13(14-3-2-8-19-14)9-12(16-17)11-4-6-15-7-5-11/h2-8,13H,9H2,1H3. The zero-order chi connectivity index (χ0) is 13.2. The summed E-state index contributed by atoms with van der Waals surface area (Å²) < 4.78 is 5.40. The molecule has 1 unspecified atom stereocenters. The molecule has 0 aliphatic carbocycles. The van der Waals surface area contributed by atoms with Crippen LogP contribution in [-0.2, 0) is 4.79 Å². The van der Waals surface area contributed by atoms with Crippen LogP contribution in [0.15, 0.2) is 52.4 Å². The Bertz CT molecular complexity index is 605. The molecule has 3 heterocycles. The predicted molar refractivity (Wildman–Crippen MR) is 69.4 cm³/mol. The van der Waals surface area contributed by atoms with Crippen molar-refractivity contribution in [2.45, 2.75) is 19.4 Å². The molecule has 19 heavy (non-hydrogen) atoms. The maximum absolute atomic E-state index is 11.7. The summed E-state index contributed by atoms with van der Waals surface area (Å²) in [4.78, 5) is 15.7. The molecule has 0 aromatic carbocycles. The normalized spacial score (nSPS) is 18.5. The van der Waals surface area contributed by atoms with Crippen LogP contribution in [0.25, 0.3) is 0 Å². The third-order valence-corrected chi connectivity index (χ3v) is 3.12. The van der Waals surface area contributed by atoms with Gasteiger partial charge in [-0.3, -0.25) is 9.78 Å². The van der Waals surface area contributed by atoms with E-state index in [0.717, 1.165) is 17.0 Å². The summed E-state index contributed by atoms with van der Waals surface area (Å²) >= 11 is 0. The summed E-state index contributed by atoms with van der Waals surface area (Å²) in [6, 6.07) is 7.31. The summed E-state index contributed by atoms with van der Waals surface area (Å²) in [7, 11) is 0. The number of pyridine rings is 1. The average Bonchev–Trinajstić information content (AvgIpc) is 3.08. The van der Waals surface area contributed by atoms with Crippen molar-refractivity contribution in [1.29, 1.82) is 0 Å². The second-order valence-corrected chi connectivity index (χ2v) is 4.38. The quantitative estimate of drug-likeness (QED) is 0.827. The molecular formula is C14H13N3O2. The lowest BCUT2D eigenvalue weighted by Gasteiger charge is -2.17. The van der Waals surface area contributed by atoms with Crippen molar-refractivity contribution in [3.8, 4) is 0 Å². The highest BCUT2D eigenvalue weighted by molar-refractivity contribution is 6.02. The third-order valence-electron chi connectivity index (χ3n) is 3.12. The molecule has 0 fully saturated rings. The van der Waals surface area contributed by atoms with Gasteiger partial charge in [0.15, 0.2) is 0 Å². The highest BCUT2D eigenvalue weighted by atomic mass is 16.3. The Morgan fingerprint density at radius 2 is 2.16 bits per heavy atom. The van der Waals surface area contributed by atoms with Crippen LogP contribution in [0.2, 0.25) is 0 Å². The largest absolute Gasteiger partial charge is 0.467 e. The highest BCUT2D eigenvalue weighted by Gasteiger charge is 2.32. The fourth-order valence-corrected chi connectivity index (χ4v) is 2.22. The number of carbonyl (C=O) groups excluding carboxylic acids is 1. The Labute approximate surface area is 110 Å². The molecule has 0 N–H and O–H groups in total. The molecular weight excluding hydrogens is 242 g/mol. The van der Waals surface area contributed by atoms with Gasteiger partial charge in [-0.25, -0.2) is 5.01 Å². The van der Waals surface area contributed by atoms with Gasteiger partial charge < -0.3 is 4.42 Å². The maximum Gasteiger partial charge on any atom is 0.240 e. The smallest absolute Gasteiger partial charge is 0.240 e. The number of carbonyl (C=O) groups is 1. The molecule has 0 spiro atoms. The first kappa shape index (κ1) is 11.6. The second kappa shape index (κ2) is 4.68. The van der Waals surface area contributed by atoms with Crippen LogP contribution in [0.5, 0.6) is 0 Å². The van der Waals surface area contributed by atoms with Crippen LogP contribution in [0, 0.1) is 0 Å². The Balaban J connectivity index is 1.94. The van der Waals surface area contributed by atoms with E-state index in [9.17, 15) is 4.79 Å². The van der Waals surface area contributed by atoms with Gasteiger partial charge in [0.2, 0.25) is 5.91 Å². The van der Waals surface area contributed by atoms with E-state index in [0.29, 0.717) is 6.42 Å². The molecule has 0 saturated carbocycles. The predicted octanol–water partition coefficient (Wildman–Crippen LogP) is 2.37. The van der Waals surface area contributed by atoms with Gasteiger partial charge in [0.1, 0.15) is 11.8 Å². The molecule has 1 aliphatic heterocycles. The summed E-state index contributed by atoms with van der Waals surface area (Å²) in [5.41, 5.74) is 1.86. The van der Waals surface area contributed by atoms with Crippen LogP contribution < -0.4 is 0 Å². The molecule has 0 radical (unpaired) electrons. The maximum atomic E-state index is 11.7. The van der Waals surface area contributed by atoms with Gasteiger partial charge in [-0.05, 0) is 24.3 Å². The number of nitrogens with zero attached hydrogens (tertiary/aromatic N) is 3. The molecule has 1 atom stereocenters. The molecule has 3 rings (SSSR count). The lowest BCUT2D eigenvalue weighted by molar-refractivity contribution is -0.130. The van der Waals surface area contributed by atoms with E-state index in [1.54, 1.807) is 18.7 Å². The number of hydrazone groups is 1. The number of aromatic nitrogens is 1. The number of amides is 1. The summed E-state index contributed by atoms with van der Waals surface area (Å²) in [6.45, 7) is 1.51. The Kier molecular flexibility index (Phi) is 2.87. The van der Waals surface area contributed by atoms with Crippen molar-refractivity contribution in [3.05, 3.63) is 54.2 Å². The number of rotatable bonds is 2. The van der Waals surface area contributed by atoms with Crippen molar-refractivity contribution >= 4 is 11.6 Å². The number of furan rings is 1. The summed E-state index contributed by atoms with van der Waals surface area (Å²) in [6.07, 6.45) is 5.70. The van der Waals surface area contributed by atoms with E-state index < -0.39 is 0 Å². The van der Waals surface area contributed by atoms with Gasteiger partial charge in [0.05, 0.1) is 12.0 Å².